The van der Waals surface area contributed by atoms with Crippen molar-refractivity contribution in [3.05, 3.63) is 0 Å². The minimum atomic E-state index is -4.07. The van der Waals surface area contributed by atoms with E-state index in [9.17, 15) is 27.6 Å². The molecule has 0 amide bonds. The molecule has 0 saturated heterocycles. The van der Waals surface area contributed by atoms with Gasteiger partial charge in [0.05, 0.1) is 12.4 Å². The number of carbonyl (C=O) groups excluding carboxylic acids is 4. The van der Waals surface area contributed by atoms with Gasteiger partial charge in [-0.15, -0.1) is 0 Å². The van der Waals surface area contributed by atoms with Gasteiger partial charge in [0.2, 0.25) is 0 Å². The zero-order valence-corrected chi connectivity index (χ0v) is 22.5. The van der Waals surface area contributed by atoms with Crippen LogP contribution in [0.4, 0.5) is 0 Å². The zero-order chi connectivity index (χ0) is 26.5. The minimum Gasteiger partial charge on any atom is -0.466 e. The van der Waals surface area contributed by atoms with Crippen LogP contribution < -0.4 is 0 Å². The summed E-state index contributed by atoms with van der Waals surface area (Å²) in [7, 11) is -4.07. The Hall–Kier alpha value is -1.61. The van der Waals surface area contributed by atoms with Crippen molar-refractivity contribution in [3.8, 4) is 0 Å². The van der Waals surface area contributed by atoms with E-state index in [0.717, 1.165) is 19.3 Å². The monoisotopic (exact) mass is 524 g/mol. The van der Waals surface area contributed by atoms with Crippen LogP contribution in [0.2, 0.25) is 0 Å². The second-order valence-corrected chi connectivity index (χ2v) is 13.9. The molecule has 0 aromatic carbocycles. The summed E-state index contributed by atoms with van der Waals surface area (Å²) in [6.07, 6.45) is 5.11. The lowest BCUT2D eigenvalue weighted by Gasteiger charge is -2.58. The highest BCUT2D eigenvalue weighted by molar-refractivity contribution is 7.85. The molecule has 0 aliphatic heterocycles. The summed E-state index contributed by atoms with van der Waals surface area (Å²) in [5.41, 5.74) is -0.713. The zero-order valence-electron chi connectivity index (χ0n) is 21.7. The third kappa shape index (κ3) is 4.94. The average Bonchev–Trinajstić information content (AvgIpc) is 3.15. The lowest BCUT2D eigenvalue weighted by Crippen LogP contribution is -2.60. The lowest BCUT2D eigenvalue weighted by molar-refractivity contribution is -0.166. The second kappa shape index (κ2) is 9.93. The normalized spacial score (nSPS) is 39.2. The molecule has 4 aliphatic carbocycles. The highest BCUT2D eigenvalue weighted by Gasteiger charge is 2.66. The van der Waals surface area contributed by atoms with Gasteiger partial charge in [0, 0.05) is 43.4 Å². The van der Waals surface area contributed by atoms with Gasteiger partial charge in [-0.1, -0.05) is 20.8 Å². The van der Waals surface area contributed by atoms with E-state index in [1.54, 1.807) is 0 Å². The topological polar surface area (TPSA) is 132 Å². The molecule has 0 heterocycles. The predicted molar refractivity (Wildman–Crippen MR) is 131 cm³/mol. The maximum Gasteiger partial charge on any atom is 0.305 e. The molecule has 4 fully saturated rings. The summed E-state index contributed by atoms with van der Waals surface area (Å²) < 4.78 is 35.4. The highest BCUT2D eigenvalue weighted by atomic mass is 32.2. The van der Waals surface area contributed by atoms with Crippen LogP contribution in [0.3, 0.4) is 0 Å². The molecule has 0 radical (unpaired) electrons. The molecule has 0 aromatic rings. The van der Waals surface area contributed by atoms with Crippen LogP contribution in [0.25, 0.3) is 0 Å². The fourth-order valence-electron chi connectivity index (χ4n) is 8.44. The Morgan fingerprint density at radius 3 is 2.53 bits per heavy atom. The van der Waals surface area contributed by atoms with E-state index in [4.69, 9.17) is 9.29 Å². The molecule has 0 spiro atoms. The maximum atomic E-state index is 13.8. The van der Waals surface area contributed by atoms with Gasteiger partial charge in [0.1, 0.15) is 17.3 Å². The second-order valence-electron chi connectivity index (χ2n) is 12.3. The first-order valence-corrected chi connectivity index (χ1v) is 15.1. The Balaban J connectivity index is 1.41. The summed E-state index contributed by atoms with van der Waals surface area (Å²) in [6.45, 7) is 6.26. The van der Waals surface area contributed by atoms with Crippen LogP contribution >= 0.6 is 0 Å². The third-order valence-corrected chi connectivity index (χ3v) is 11.3. The molecule has 4 saturated carbocycles. The quantitative estimate of drug-likeness (QED) is 0.288. The van der Waals surface area contributed by atoms with Gasteiger partial charge >= 0.3 is 5.97 Å². The number of Topliss-reactive ketones (excluding diaryl/α,β-unsaturated/α-hetero) is 3. The van der Waals surface area contributed by atoms with E-state index >= 15 is 0 Å². The molecule has 0 aromatic heterocycles. The van der Waals surface area contributed by atoms with Crippen LogP contribution in [0.1, 0.15) is 85.0 Å². The largest absolute Gasteiger partial charge is 0.466 e. The number of fused-ring (bicyclic) bond motifs is 5. The highest BCUT2D eigenvalue weighted by Crippen LogP contribution is 2.66. The SMILES string of the molecule is CC(CCC(=O)OCCCS(=O)(=O)O)C1CC[C@H]2[C@@H]3C(=O)CC4CC(=O)CC[C@]4(C)[C@H]3CC(=O)[C@]12C. The number of hydrogen-bond acceptors (Lipinski definition) is 7. The molecule has 3 unspecified atom stereocenters. The fraction of sp³-hybridized carbons (Fsp3) is 0.852. The van der Waals surface area contributed by atoms with Crippen molar-refractivity contribution in [3.63, 3.8) is 0 Å². The molecule has 1 N–H and O–H groups in total. The number of rotatable bonds is 8. The molecule has 9 heteroatoms. The van der Waals surface area contributed by atoms with Crippen molar-refractivity contribution in [2.24, 2.45) is 46.3 Å². The number of esters is 1. The molecule has 8 nitrogen and oxygen atoms in total. The van der Waals surface area contributed by atoms with Crippen molar-refractivity contribution >= 4 is 33.4 Å². The van der Waals surface area contributed by atoms with Crippen molar-refractivity contribution < 1.29 is 36.9 Å². The average molecular weight is 525 g/mol. The summed E-state index contributed by atoms with van der Waals surface area (Å²) in [6, 6.07) is 0. The Bertz CT molecular complexity index is 1030. The smallest absolute Gasteiger partial charge is 0.305 e. The predicted octanol–water partition coefficient (Wildman–Crippen LogP) is 3.81. The fourth-order valence-corrected chi connectivity index (χ4v) is 8.92. The van der Waals surface area contributed by atoms with E-state index in [2.05, 4.69) is 13.8 Å². The Morgan fingerprint density at radius 2 is 1.83 bits per heavy atom. The van der Waals surface area contributed by atoms with Crippen LogP contribution in [-0.4, -0.2) is 48.6 Å². The van der Waals surface area contributed by atoms with E-state index < -0.39 is 27.3 Å². The van der Waals surface area contributed by atoms with Crippen molar-refractivity contribution in [1.82, 2.24) is 0 Å². The number of hydrogen-bond donors (Lipinski definition) is 1. The first-order valence-electron chi connectivity index (χ1n) is 13.5. The van der Waals surface area contributed by atoms with Crippen molar-refractivity contribution in [1.29, 1.82) is 0 Å². The van der Waals surface area contributed by atoms with Gasteiger partial charge in [-0.05, 0) is 67.1 Å². The van der Waals surface area contributed by atoms with Gasteiger partial charge in [-0.3, -0.25) is 23.7 Å². The van der Waals surface area contributed by atoms with E-state index in [1.807, 2.05) is 6.92 Å². The van der Waals surface area contributed by atoms with Crippen LogP contribution in [0, 0.1) is 46.3 Å². The third-order valence-electron chi connectivity index (χ3n) is 10.5. The molecule has 4 rings (SSSR count). The number of carbonyl (C=O) groups is 4. The van der Waals surface area contributed by atoms with Crippen LogP contribution in [0.5, 0.6) is 0 Å². The first-order chi connectivity index (χ1) is 16.8. The molecule has 4 aliphatic rings. The van der Waals surface area contributed by atoms with E-state index in [1.165, 1.54) is 0 Å². The van der Waals surface area contributed by atoms with Gasteiger partial charge in [-0.25, -0.2) is 0 Å². The molecule has 36 heavy (non-hydrogen) atoms. The van der Waals surface area contributed by atoms with Gasteiger partial charge in [0.15, 0.2) is 0 Å². The van der Waals surface area contributed by atoms with Crippen LogP contribution in [-0.2, 0) is 34.0 Å². The van der Waals surface area contributed by atoms with Gasteiger partial charge in [-0.2, -0.15) is 8.42 Å². The van der Waals surface area contributed by atoms with Crippen LogP contribution in [0.15, 0.2) is 0 Å². The molecule has 202 valence electrons. The first kappa shape index (κ1) is 27.4. The van der Waals surface area contributed by atoms with E-state index in [0.29, 0.717) is 32.1 Å². The Morgan fingerprint density at radius 1 is 1.11 bits per heavy atom. The molecular formula is C27H40O8S. The molecule has 0 bridgehead atoms. The van der Waals surface area contributed by atoms with Crippen molar-refractivity contribution in [2.75, 3.05) is 12.4 Å². The summed E-state index contributed by atoms with van der Waals surface area (Å²) in [4.78, 5) is 51.6. The standard InChI is InChI=1S/C27H40O8S/c1-16(5-8-24(31)35-11-4-12-36(32,33)34)19-6-7-20-25-21(15-23(30)27(19,20)3)26(2)10-9-18(28)13-17(26)14-22(25)29/h16-17,19-21,25H,4-15H2,1-3H3,(H,32,33,34)/t16?,17?,19?,20-,21-,25-,26-,27+/m0/s1. The summed E-state index contributed by atoms with van der Waals surface area (Å²) in [5, 5.41) is 0. The summed E-state index contributed by atoms with van der Waals surface area (Å²) in [5.74, 6) is 0.0250. The van der Waals surface area contributed by atoms with Gasteiger partial charge in [0.25, 0.3) is 10.1 Å². The van der Waals surface area contributed by atoms with E-state index in [-0.39, 0.29) is 77.7 Å². The minimum absolute atomic E-state index is 0.0199. The number of ether oxygens (including phenoxy) is 1. The van der Waals surface area contributed by atoms with Gasteiger partial charge < -0.3 is 4.74 Å². The lowest BCUT2D eigenvalue weighted by atomic mass is 9.44. The Kier molecular flexibility index (Phi) is 7.57. The van der Waals surface area contributed by atoms with Crippen molar-refractivity contribution in [2.45, 2.75) is 85.0 Å². The molecular weight excluding hydrogens is 484 g/mol. The Labute approximate surface area is 214 Å². The molecule has 8 atom stereocenters. The number of ketones is 3. The summed E-state index contributed by atoms with van der Waals surface area (Å²) >= 11 is 0. The maximum absolute atomic E-state index is 13.8.